The van der Waals surface area contributed by atoms with Crippen molar-refractivity contribution >= 4 is 11.7 Å². The van der Waals surface area contributed by atoms with Gasteiger partial charge in [0.05, 0.1) is 26.3 Å². The summed E-state index contributed by atoms with van der Waals surface area (Å²) in [6, 6.07) is 7.40. The molecule has 0 saturated carbocycles. The number of anilines is 1. The summed E-state index contributed by atoms with van der Waals surface area (Å²) >= 11 is 0. The van der Waals surface area contributed by atoms with Crippen molar-refractivity contribution in [2.75, 3.05) is 19.7 Å². The van der Waals surface area contributed by atoms with E-state index in [1.165, 1.54) is 14.2 Å². The number of ether oxygens (including phenoxy) is 1. The molecule has 14 heavy (non-hydrogen) atoms. The zero-order chi connectivity index (χ0) is 10.4. The molecule has 0 radical (unpaired) electrons. The molecule has 0 spiro atoms. The molecule has 0 fully saturated rings. The number of carbonyl (C=O) groups excluding carboxylic acids is 1. The first-order valence-corrected chi connectivity index (χ1v) is 4.21. The van der Waals surface area contributed by atoms with Crippen LogP contribution in [0.4, 0.5) is 5.69 Å². The predicted molar refractivity (Wildman–Crippen MR) is 52.8 cm³/mol. The minimum absolute atomic E-state index is 0.239. The third-order valence-corrected chi connectivity index (χ3v) is 1.79. The summed E-state index contributed by atoms with van der Waals surface area (Å²) in [7, 11) is 2.89. The van der Waals surface area contributed by atoms with Crippen molar-refractivity contribution < 1.29 is 14.4 Å². The van der Waals surface area contributed by atoms with Gasteiger partial charge in [0.2, 0.25) is 0 Å². The zero-order valence-corrected chi connectivity index (χ0v) is 8.24. The first-order valence-electron chi connectivity index (χ1n) is 4.21. The molecular formula is C10H13NO3. The molecule has 0 aliphatic carbocycles. The molecule has 0 bridgehead atoms. The Morgan fingerprint density at radius 2 is 2.07 bits per heavy atom. The molecule has 0 atom stereocenters. The monoisotopic (exact) mass is 195 g/mol. The lowest BCUT2D eigenvalue weighted by molar-refractivity contribution is -0.139. The molecule has 1 aromatic carbocycles. The van der Waals surface area contributed by atoms with Gasteiger partial charge in [-0.25, -0.2) is 0 Å². The Hall–Kier alpha value is -1.55. The van der Waals surface area contributed by atoms with Crippen molar-refractivity contribution in [3.8, 4) is 0 Å². The summed E-state index contributed by atoms with van der Waals surface area (Å²) < 4.78 is 4.58. The smallest absolute Gasteiger partial charge is 0.310 e. The van der Waals surface area contributed by atoms with E-state index in [0.717, 1.165) is 11.3 Å². The van der Waals surface area contributed by atoms with E-state index in [0.29, 0.717) is 0 Å². The van der Waals surface area contributed by atoms with Gasteiger partial charge in [-0.3, -0.25) is 15.1 Å². The Bertz CT molecular complexity index is 312. The Labute approximate surface area is 82.8 Å². The minimum atomic E-state index is -0.268. The fourth-order valence-electron chi connectivity index (χ4n) is 1.11. The van der Waals surface area contributed by atoms with Crippen LogP contribution in [0.1, 0.15) is 5.56 Å². The highest BCUT2D eigenvalue weighted by Crippen LogP contribution is 2.15. The fourth-order valence-corrected chi connectivity index (χ4v) is 1.11. The number of methoxy groups -OCH3 is 1. The van der Waals surface area contributed by atoms with E-state index in [1.807, 2.05) is 24.3 Å². The number of esters is 1. The molecule has 1 N–H and O–H groups in total. The first kappa shape index (κ1) is 10.5. The number of rotatable bonds is 4. The van der Waals surface area contributed by atoms with E-state index in [2.05, 4.69) is 10.2 Å². The molecule has 0 aromatic heterocycles. The second kappa shape index (κ2) is 5.24. The number of para-hydroxylation sites is 1. The molecule has 0 unspecified atom stereocenters. The molecule has 1 rings (SSSR count). The van der Waals surface area contributed by atoms with Crippen molar-refractivity contribution in [2.45, 2.75) is 6.42 Å². The first-order chi connectivity index (χ1) is 6.77. The standard InChI is InChI=1S/C10H13NO3/c1-13-10(12)7-8-5-3-4-6-9(8)11-14-2/h3-6,11H,7H2,1-2H3. The van der Waals surface area contributed by atoms with Gasteiger partial charge in [-0.05, 0) is 11.6 Å². The molecule has 4 heteroatoms. The number of nitrogens with one attached hydrogen (secondary N) is 1. The van der Waals surface area contributed by atoms with Crippen LogP contribution in [0.15, 0.2) is 24.3 Å². The summed E-state index contributed by atoms with van der Waals surface area (Å²) in [4.78, 5) is 15.8. The highest BCUT2D eigenvalue weighted by molar-refractivity contribution is 5.74. The molecular weight excluding hydrogens is 182 g/mol. The number of benzene rings is 1. The van der Waals surface area contributed by atoms with E-state index in [1.54, 1.807) is 0 Å². The lowest BCUT2D eigenvalue weighted by Gasteiger charge is -2.08. The second-order valence-electron chi connectivity index (χ2n) is 2.72. The number of carbonyl (C=O) groups is 1. The Morgan fingerprint density at radius 3 is 2.71 bits per heavy atom. The van der Waals surface area contributed by atoms with Crippen molar-refractivity contribution in [3.05, 3.63) is 29.8 Å². The third kappa shape index (κ3) is 2.74. The van der Waals surface area contributed by atoms with Gasteiger partial charge in [-0.15, -0.1) is 0 Å². The molecule has 0 aliphatic rings. The van der Waals surface area contributed by atoms with E-state index in [4.69, 9.17) is 4.84 Å². The van der Waals surface area contributed by atoms with E-state index >= 15 is 0 Å². The maximum atomic E-state index is 11.0. The third-order valence-electron chi connectivity index (χ3n) is 1.79. The number of hydrogen-bond acceptors (Lipinski definition) is 4. The van der Waals surface area contributed by atoms with Gasteiger partial charge in [-0.1, -0.05) is 18.2 Å². The van der Waals surface area contributed by atoms with E-state index in [9.17, 15) is 4.79 Å². The maximum absolute atomic E-state index is 11.0. The SMILES string of the molecule is CONc1ccccc1CC(=O)OC. The summed E-state index contributed by atoms with van der Waals surface area (Å²) in [5.74, 6) is -0.268. The topological polar surface area (TPSA) is 47.6 Å². The second-order valence-corrected chi connectivity index (χ2v) is 2.72. The summed E-state index contributed by atoms with van der Waals surface area (Å²) in [5, 5.41) is 0. The molecule has 4 nitrogen and oxygen atoms in total. The predicted octanol–water partition coefficient (Wildman–Crippen LogP) is 1.38. The van der Waals surface area contributed by atoms with Gasteiger partial charge in [0, 0.05) is 0 Å². The van der Waals surface area contributed by atoms with Crippen LogP contribution in [-0.4, -0.2) is 20.2 Å². The van der Waals surface area contributed by atoms with Crippen LogP contribution < -0.4 is 5.48 Å². The maximum Gasteiger partial charge on any atom is 0.310 e. The van der Waals surface area contributed by atoms with Gasteiger partial charge >= 0.3 is 5.97 Å². The van der Waals surface area contributed by atoms with Crippen molar-refractivity contribution in [1.29, 1.82) is 0 Å². The van der Waals surface area contributed by atoms with Gasteiger partial charge in [0.1, 0.15) is 0 Å². The summed E-state index contributed by atoms with van der Waals surface area (Å²) in [5.41, 5.74) is 4.32. The van der Waals surface area contributed by atoms with Gasteiger partial charge in [-0.2, -0.15) is 0 Å². The molecule has 76 valence electrons. The molecule has 0 aliphatic heterocycles. The normalized spacial score (nSPS) is 9.57. The van der Waals surface area contributed by atoms with Crippen LogP contribution in [0.25, 0.3) is 0 Å². The van der Waals surface area contributed by atoms with Crippen LogP contribution in [0.2, 0.25) is 0 Å². The van der Waals surface area contributed by atoms with E-state index < -0.39 is 0 Å². The fraction of sp³-hybridized carbons (Fsp3) is 0.300. The van der Waals surface area contributed by atoms with Crippen LogP contribution in [-0.2, 0) is 20.8 Å². The Kier molecular flexibility index (Phi) is 3.94. The van der Waals surface area contributed by atoms with Gasteiger partial charge in [0.25, 0.3) is 0 Å². The average Bonchev–Trinajstić information content (AvgIpc) is 2.21. The quantitative estimate of drug-likeness (QED) is 0.582. The van der Waals surface area contributed by atoms with Gasteiger partial charge in [0.15, 0.2) is 0 Å². The molecule has 1 aromatic rings. The average molecular weight is 195 g/mol. The van der Waals surface area contributed by atoms with Crippen LogP contribution in [0, 0.1) is 0 Å². The van der Waals surface area contributed by atoms with Crippen LogP contribution >= 0.6 is 0 Å². The highest BCUT2D eigenvalue weighted by atomic mass is 16.6. The summed E-state index contributed by atoms with van der Waals surface area (Å²) in [6.07, 6.45) is 0.239. The van der Waals surface area contributed by atoms with Crippen LogP contribution in [0.3, 0.4) is 0 Å². The largest absolute Gasteiger partial charge is 0.469 e. The Morgan fingerprint density at radius 1 is 1.36 bits per heavy atom. The highest BCUT2D eigenvalue weighted by Gasteiger charge is 2.06. The zero-order valence-electron chi connectivity index (χ0n) is 8.24. The minimum Gasteiger partial charge on any atom is -0.469 e. The molecule has 0 saturated heterocycles. The van der Waals surface area contributed by atoms with Gasteiger partial charge < -0.3 is 4.74 Å². The molecule has 0 heterocycles. The van der Waals surface area contributed by atoms with Crippen LogP contribution in [0.5, 0.6) is 0 Å². The Balaban J connectivity index is 2.78. The van der Waals surface area contributed by atoms with Crippen molar-refractivity contribution in [3.63, 3.8) is 0 Å². The number of hydrogen-bond donors (Lipinski definition) is 1. The summed E-state index contributed by atoms with van der Waals surface area (Å²) in [6.45, 7) is 0. The lowest BCUT2D eigenvalue weighted by Crippen LogP contribution is -2.07. The van der Waals surface area contributed by atoms with Crippen molar-refractivity contribution in [2.24, 2.45) is 0 Å². The van der Waals surface area contributed by atoms with Crippen molar-refractivity contribution in [1.82, 2.24) is 0 Å². The molecule has 0 amide bonds. The lowest BCUT2D eigenvalue weighted by atomic mass is 10.1. The van der Waals surface area contributed by atoms with E-state index in [-0.39, 0.29) is 12.4 Å².